The molecule has 1 amide bonds. The molecule has 108 valence electrons. The highest BCUT2D eigenvalue weighted by Gasteiger charge is 2.44. The van der Waals surface area contributed by atoms with E-state index in [1.54, 1.807) is 0 Å². The van der Waals surface area contributed by atoms with Crippen LogP contribution in [0.1, 0.15) is 52.9 Å². The van der Waals surface area contributed by atoms with Gasteiger partial charge in [0.15, 0.2) is 0 Å². The Balaban J connectivity index is 2.15. The summed E-state index contributed by atoms with van der Waals surface area (Å²) in [5.41, 5.74) is 0. The normalized spacial score (nSPS) is 39.3. The van der Waals surface area contributed by atoms with Crippen molar-refractivity contribution in [1.29, 1.82) is 0 Å². The third-order valence-corrected chi connectivity index (χ3v) is 4.88. The number of carbonyl (C=O) groups excluding carboxylic acids is 1. The van der Waals surface area contributed by atoms with Gasteiger partial charge in [0.05, 0.1) is 11.8 Å². The fourth-order valence-corrected chi connectivity index (χ4v) is 3.88. The van der Waals surface area contributed by atoms with E-state index in [-0.39, 0.29) is 23.9 Å². The average Bonchev–Trinajstić information content (AvgIpc) is 2.71. The molecule has 1 aliphatic heterocycles. The highest BCUT2D eigenvalue weighted by Crippen LogP contribution is 2.39. The maximum atomic E-state index is 12.7. The zero-order valence-corrected chi connectivity index (χ0v) is 12.1. The number of carboxylic acids is 1. The second-order valence-electron chi connectivity index (χ2n) is 6.50. The number of hydrogen-bond acceptors (Lipinski definition) is 2. The summed E-state index contributed by atoms with van der Waals surface area (Å²) < 4.78 is 0. The summed E-state index contributed by atoms with van der Waals surface area (Å²) in [6.45, 7) is 6.22. The third kappa shape index (κ3) is 2.77. The maximum Gasteiger partial charge on any atom is 0.307 e. The number of carbonyl (C=O) groups is 2. The standard InChI is InChI=1S/C15H25NO3/c1-9-7-12(13(8-9)15(18)19)14(17)16-10(2)5-4-6-11(16)3/h9-13H,4-8H2,1-3H3,(H,18,19)/t9?,10?,11?,12-,13+/m0/s1. The van der Waals surface area contributed by atoms with Crippen LogP contribution in [0.4, 0.5) is 0 Å². The summed E-state index contributed by atoms with van der Waals surface area (Å²) in [5, 5.41) is 9.31. The molecule has 1 saturated heterocycles. The van der Waals surface area contributed by atoms with E-state index in [4.69, 9.17) is 0 Å². The summed E-state index contributed by atoms with van der Waals surface area (Å²) in [6, 6.07) is 0.503. The lowest BCUT2D eigenvalue weighted by Gasteiger charge is -2.41. The van der Waals surface area contributed by atoms with Gasteiger partial charge in [0.1, 0.15) is 0 Å². The topological polar surface area (TPSA) is 57.6 Å². The van der Waals surface area contributed by atoms with Crippen LogP contribution in [-0.2, 0) is 9.59 Å². The van der Waals surface area contributed by atoms with Crippen molar-refractivity contribution >= 4 is 11.9 Å². The molecule has 1 N–H and O–H groups in total. The SMILES string of the molecule is CC1C[C@H](C(=O)N2C(C)CCCC2C)[C@H](C(=O)O)C1. The number of piperidine rings is 1. The van der Waals surface area contributed by atoms with E-state index in [9.17, 15) is 14.7 Å². The van der Waals surface area contributed by atoms with E-state index in [1.165, 1.54) is 0 Å². The number of likely N-dealkylation sites (tertiary alicyclic amines) is 1. The number of carboxylic acid groups (broad SMARTS) is 1. The molecule has 0 spiro atoms. The van der Waals surface area contributed by atoms with Gasteiger partial charge in [-0.3, -0.25) is 9.59 Å². The van der Waals surface area contributed by atoms with Gasteiger partial charge < -0.3 is 10.0 Å². The Hall–Kier alpha value is -1.06. The van der Waals surface area contributed by atoms with Crippen LogP contribution in [0.3, 0.4) is 0 Å². The summed E-state index contributed by atoms with van der Waals surface area (Å²) in [5.74, 6) is -1.18. The largest absolute Gasteiger partial charge is 0.481 e. The van der Waals surface area contributed by atoms with Crippen molar-refractivity contribution in [3.05, 3.63) is 0 Å². The van der Waals surface area contributed by atoms with E-state index in [1.807, 2.05) is 11.8 Å². The van der Waals surface area contributed by atoms with Gasteiger partial charge in [0, 0.05) is 12.1 Å². The Morgan fingerprint density at radius 1 is 1.00 bits per heavy atom. The lowest BCUT2D eigenvalue weighted by atomic mass is 9.90. The minimum absolute atomic E-state index is 0.0800. The molecule has 4 heteroatoms. The van der Waals surface area contributed by atoms with E-state index in [0.29, 0.717) is 12.3 Å². The fraction of sp³-hybridized carbons (Fsp3) is 0.867. The first-order valence-corrected chi connectivity index (χ1v) is 7.46. The van der Waals surface area contributed by atoms with Crippen LogP contribution in [0.2, 0.25) is 0 Å². The predicted molar refractivity (Wildman–Crippen MR) is 72.6 cm³/mol. The van der Waals surface area contributed by atoms with E-state index in [0.717, 1.165) is 25.7 Å². The summed E-state index contributed by atoms with van der Waals surface area (Å²) >= 11 is 0. The minimum atomic E-state index is -0.806. The average molecular weight is 267 g/mol. The van der Waals surface area contributed by atoms with Crippen molar-refractivity contribution < 1.29 is 14.7 Å². The zero-order chi connectivity index (χ0) is 14.2. The molecule has 19 heavy (non-hydrogen) atoms. The van der Waals surface area contributed by atoms with Gasteiger partial charge in [0.2, 0.25) is 5.91 Å². The third-order valence-electron chi connectivity index (χ3n) is 4.88. The molecule has 2 fully saturated rings. The van der Waals surface area contributed by atoms with Crippen molar-refractivity contribution in [1.82, 2.24) is 4.90 Å². The summed E-state index contributed by atoms with van der Waals surface area (Å²) in [6.07, 6.45) is 4.61. The molecule has 0 aromatic rings. The lowest BCUT2D eigenvalue weighted by Crippen LogP contribution is -2.50. The molecule has 2 aliphatic rings. The Labute approximate surface area is 115 Å². The van der Waals surface area contributed by atoms with Gasteiger partial charge in [0.25, 0.3) is 0 Å². The molecule has 0 bridgehead atoms. The summed E-state index contributed by atoms with van der Waals surface area (Å²) in [7, 11) is 0. The molecule has 1 saturated carbocycles. The molecular weight excluding hydrogens is 242 g/mol. The van der Waals surface area contributed by atoms with Crippen LogP contribution in [0.5, 0.6) is 0 Å². The van der Waals surface area contributed by atoms with Crippen molar-refractivity contribution in [2.24, 2.45) is 17.8 Å². The van der Waals surface area contributed by atoms with Crippen LogP contribution in [0.25, 0.3) is 0 Å². The number of hydrogen-bond donors (Lipinski definition) is 1. The Bertz CT molecular complexity index is 358. The van der Waals surface area contributed by atoms with Crippen molar-refractivity contribution in [2.75, 3.05) is 0 Å². The van der Waals surface area contributed by atoms with Gasteiger partial charge in [-0.25, -0.2) is 0 Å². The quantitative estimate of drug-likeness (QED) is 0.836. The smallest absolute Gasteiger partial charge is 0.307 e. The highest BCUT2D eigenvalue weighted by atomic mass is 16.4. The van der Waals surface area contributed by atoms with Gasteiger partial charge in [-0.2, -0.15) is 0 Å². The van der Waals surface area contributed by atoms with Crippen molar-refractivity contribution in [3.63, 3.8) is 0 Å². The fourth-order valence-electron chi connectivity index (χ4n) is 3.88. The second kappa shape index (κ2) is 5.51. The molecule has 0 radical (unpaired) electrons. The second-order valence-corrected chi connectivity index (χ2v) is 6.50. The molecule has 3 unspecified atom stereocenters. The van der Waals surface area contributed by atoms with Crippen LogP contribution in [-0.4, -0.2) is 34.0 Å². The first kappa shape index (κ1) is 14.4. The highest BCUT2D eigenvalue weighted by molar-refractivity contribution is 5.85. The van der Waals surface area contributed by atoms with Crippen molar-refractivity contribution in [3.8, 4) is 0 Å². The molecule has 1 heterocycles. The Kier molecular flexibility index (Phi) is 4.16. The van der Waals surface area contributed by atoms with Gasteiger partial charge in [-0.1, -0.05) is 6.92 Å². The van der Waals surface area contributed by atoms with E-state index < -0.39 is 11.9 Å². The zero-order valence-electron chi connectivity index (χ0n) is 12.1. The minimum Gasteiger partial charge on any atom is -0.481 e. The molecule has 5 atom stereocenters. The van der Waals surface area contributed by atoms with E-state index in [2.05, 4.69) is 13.8 Å². The van der Waals surface area contributed by atoms with Gasteiger partial charge in [-0.15, -0.1) is 0 Å². The van der Waals surface area contributed by atoms with Gasteiger partial charge in [-0.05, 0) is 51.9 Å². The molecule has 0 aromatic heterocycles. The Morgan fingerprint density at radius 3 is 2.05 bits per heavy atom. The van der Waals surface area contributed by atoms with Crippen LogP contribution in [0, 0.1) is 17.8 Å². The maximum absolute atomic E-state index is 12.7. The monoisotopic (exact) mass is 267 g/mol. The molecule has 0 aromatic carbocycles. The van der Waals surface area contributed by atoms with Gasteiger partial charge >= 0.3 is 5.97 Å². The number of aliphatic carboxylic acids is 1. The molecular formula is C15H25NO3. The van der Waals surface area contributed by atoms with Crippen LogP contribution < -0.4 is 0 Å². The summed E-state index contributed by atoms with van der Waals surface area (Å²) in [4.78, 5) is 26.0. The van der Waals surface area contributed by atoms with Crippen molar-refractivity contribution in [2.45, 2.75) is 65.0 Å². The lowest BCUT2D eigenvalue weighted by molar-refractivity contribution is -0.152. The first-order chi connectivity index (χ1) is 8.91. The first-order valence-electron chi connectivity index (χ1n) is 7.46. The number of nitrogens with zero attached hydrogens (tertiary/aromatic N) is 1. The van der Waals surface area contributed by atoms with Crippen LogP contribution in [0.15, 0.2) is 0 Å². The molecule has 2 rings (SSSR count). The molecule has 4 nitrogen and oxygen atoms in total. The number of amides is 1. The molecule has 1 aliphatic carbocycles. The predicted octanol–water partition coefficient (Wildman–Crippen LogP) is 2.52. The Morgan fingerprint density at radius 2 is 1.53 bits per heavy atom. The van der Waals surface area contributed by atoms with E-state index >= 15 is 0 Å². The van der Waals surface area contributed by atoms with Crippen LogP contribution >= 0.6 is 0 Å². The number of rotatable bonds is 2.